The van der Waals surface area contributed by atoms with Crippen LogP contribution in [0.3, 0.4) is 0 Å². The van der Waals surface area contributed by atoms with Crippen LogP contribution in [0.5, 0.6) is 0 Å². The highest BCUT2D eigenvalue weighted by Crippen LogP contribution is 2.34. The highest BCUT2D eigenvalue weighted by atomic mass is 35.5. The van der Waals surface area contributed by atoms with Crippen LogP contribution in [0.2, 0.25) is 5.02 Å². The summed E-state index contributed by atoms with van der Waals surface area (Å²) in [7, 11) is 0. The van der Waals surface area contributed by atoms with Crippen molar-refractivity contribution in [3.63, 3.8) is 0 Å². The normalized spacial score (nSPS) is 20.8. The van der Waals surface area contributed by atoms with E-state index >= 15 is 0 Å². The van der Waals surface area contributed by atoms with E-state index in [-0.39, 0.29) is 12.4 Å². The van der Waals surface area contributed by atoms with Crippen LogP contribution < -0.4 is 5.73 Å². The number of aryl methyl sites for hydroxylation is 1. The Balaban J connectivity index is 0.00000304. The summed E-state index contributed by atoms with van der Waals surface area (Å²) in [4.78, 5) is 12.9. The smallest absolute Gasteiger partial charge is 0.133 e. The molecule has 1 heterocycles. The lowest BCUT2D eigenvalue weighted by Gasteiger charge is -2.25. The highest BCUT2D eigenvalue weighted by Gasteiger charge is 2.22. The predicted molar refractivity (Wildman–Crippen MR) is 154 cm³/mol. The fraction of sp³-hybridized carbons (Fsp3) is 0.516. The summed E-state index contributed by atoms with van der Waals surface area (Å²) in [5, 5.41) is 2.05. The van der Waals surface area contributed by atoms with E-state index in [0.29, 0.717) is 24.2 Å². The molecule has 2 N–H and O–H groups in total. The van der Waals surface area contributed by atoms with Gasteiger partial charge < -0.3 is 10.3 Å². The van der Waals surface area contributed by atoms with E-state index < -0.39 is 0 Å². The van der Waals surface area contributed by atoms with Crippen LogP contribution >= 0.6 is 24.0 Å². The molecule has 0 spiro atoms. The van der Waals surface area contributed by atoms with E-state index in [1.807, 2.05) is 18.2 Å². The van der Waals surface area contributed by atoms with Crippen molar-refractivity contribution in [2.45, 2.75) is 89.6 Å². The summed E-state index contributed by atoms with van der Waals surface area (Å²) < 4.78 is 2.46. The second-order valence-corrected chi connectivity index (χ2v) is 11.5. The first-order valence-corrected chi connectivity index (χ1v) is 14.1. The Bertz CT molecular complexity index is 1160. The zero-order valence-electron chi connectivity index (χ0n) is 21.3. The molecule has 0 amide bonds. The number of fused-ring (bicyclic) bond motifs is 1. The number of ketones is 1. The van der Waals surface area contributed by atoms with E-state index in [2.05, 4.69) is 35.0 Å². The van der Waals surface area contributed by atoms with Gasteiger partial charge in [0.25, 0.3) is 0 Å². The Hall–Kier alpha value is -1.81. The van der Waals surface area contributed by atoms with Crippen LogP contribution in [0.15, 0.2) is 48.7 Å². The second kappa shape index (κ2) is 12.6. The predicted octanol–water partition coefficient (Wildman–Crippen LogP) is 8.37. The lowest BCUT2D eigenvalue weighted by Crippen LogP contribution is -2.27. The molecule has 1 aromatic heterocycles. The molecule has 3 nitrogen and oxygen atoms in total. The Kier molecular flexibility index (Phi) is 9.55. The molecule has 0 atom stereocenters. The maximum Gasteiger partial charge on any atom is 0.133 e. The van der Waals surface area contributed by atoms with Crippen LogP contribution in [-0.2, 0) is 17.8 Å². The van der Waals surface area contributed by atoms with Crippen molar-refractivity contribution in [2.75, 3.05) is 0 Å². The van der Waals surface area contributed by atoms with Crippen LogP contribution in [0.4, 0.5) is 0 Å². The van der Waals surface area contributed by atoms with Crippen molar-refractivity contribution in [1.82, 2.24) is 4.57 Å². The zero-order valence-corrected chi connectivity index (χ0v) is 22.8. The molecule has 0 saturated heterocycles. The molecule has 0 radical (unpaired) electrons. The number of carbonyl (C=O) groups excluding carboxylic acids is 1. The van der Waals surface area contributed by atoms with Crippen LogP contribution in [0.25, 0.3) is 22.0 Å². The first-order chi connectivity index (χ1) is 17.1. The zero-order chi connectivity index (χ0) is 24.2. The van der Waals surface area contributed by atoms with E-state index in [1.165, 1.54) is 48.6 Å². The van der Waals surface area contributed by atoms with Crippen LogP contribution in [-0.4, -0.2) is 16.4 Å². The largest absolute Gasteiger partial charge is 0.347 e. The molecule has 0 bridgehead atoms. The first-order valence-electron chi connectivity index (χ1n) is 13.7. The number of Topliss-reactive ketones (excluding diaryl/α,β-unsaturated/α-hetero) is 1. The Labute approximate surface area is 227 Å². The van der Waals surface area contributed by atoms with Gasteiger partial charge in [-0.3, -0.25) is 4.79 Å². The first kappa shape index (κ1) is 27.2. The monoisotopic (exact) mass is 526 g/mol. The third kappa shape index (κ3) is 6.54. The van der Waals surface area contributed by atoms with Gasteiger partial charge in [0.1, 0.15) is 5.78 Å². The van der Waals surface area contributed by atoms with Crippen molar-refractivity contribution in [3.05, 3.63) is 59.2 Å². The van der Waals surface area contributed by atoms with Crippen LogP contribution in [0, 0.1) is 11.8 Å². The summed E-state index contributed by atoms with van der Waals surface area (Å²) in [6, 6.07) is 15.1. The topological polar surface area (TPSA) is 48.0 Å². The summed E-state index contributed by atoms with van der Waals surface area (Å²) in [5.41, 5.74) is 10.8. The lowest BCUT2D eigenvalue weighted by atomic mass is 9.83. The van der Waals surface area contributed by atoms with Crippen molar-refractivity contribution in [2.24, 2.45) is 17.6 Å². The highest BCUT2D eigenvalue weighted by molar-refractivity contribution is 6.33. The van der Waals surface area contributed by atoms with Gasteiger partial charge in [0.2, 0.25) is 0 Å². The standard InChI is InChI=1S/C31H39ClN2O.ClH/c32-30-9-5-4-8-28(30)24-13-17-31-29(19-24)25(21-34(31)20-23-6-2-1-3-7-23)12-16-27(35)18-22-10-14-26(33)15-11-22;/h4-5,8-9,13,17,19,21-23,26H,1-3,6-7,10-12,14-16,18,20,33H2;1H. The minimum Gasteiger partial charge on any atom is -0.347 e. The third-order valence-corrected chi connectivity index (χ3v) is 8.74. The van der Waals surface area contributed by atoms with Gasteiger partial charge in [0.15, 0.2) is 0 Å². The Morgan fingerprint density at radius 2 is 1.69 bits per heavy atom. The van der Waals surface area contributed by atoms with Gasteiger partial charge in [-0.05, 0) is 86.1 Å². The van der Waals surface area contributed by atoms with Gasteiger partial charge in [-0.15, -0.1) is 12.4 Å². The SMILES string of the molecule is Cl.NC1CCC(CC(=O)CCc2cn(CC3CCCCC3)c3ccc(-c4ccccc4Cl)cc23)CC1. The molecule has 194 valence electrons. The van der Waals surface area contributed by atoms with Crippen molar-refractivity contribution >= 4 is 40.7 Å². The molecule has 2 fully saturated rings. The molecule has 0 aliphatic heterocycles. The third-order valence-electron chi connectivity index (χ3n) is 8.41. The Morgan fingerprint density at radius 1 is 0.944 bits per heavy atom. The molecule has 2 aliphatic rings. The van der Waals surface area contributed by atoms with E-state index in [1.54, 1.807) is 0 Å². The number of halogens is 2. The number of hydrogen-bond donors (Lipinski definition) is 1. The van der Waals surface area contributed by atoms with E-state index in [0.717, 1.165) is 67.1 Å². The second-order valence-electron chi connectivity index (χ2n) is 11.0. The number of hydrogen-bond acceptors (Lipinski definition) is 2. The summed E-state index contributed by atoms with van der Waals surface area (Å²) in [5.74, 6) is 1.69. The average molecular weight is 528 g/mol. The fourth-order valence-electron chi connectivity index (χ4n) is 6.32. The van der Waals surface area contributed by atoms with E-state index in [9.17, 15) is 4.79 Å². The maximum atomic E-state index is 12.9. The van der Waals surface area contributed by atoms with Crippen molar-refractivity contribution in [3.8, 4) is 11.1 Å². The van der Waals surface area contributed by atoms with Crippen molar-refractivity contribution in [1.29, 1.82) is 0 Å². The van der Waals surface area contributed by atoms with Gasteiger partial charge in [0.05, 0.1) is 0 Å². The van der Waals surface area contributed by atoms with Gasteiger partial charge in [-0.25, -0.2) is 0 Å². The van der Waals surface area contributed by atoms with Crippen molar-refractivity contribution < 1.29 is 4.79 Å². The number of benzene rings is 2. The number of carbonyl (C=O) groups is 1. The van der Waals surface area contributed by atoms with Gasteiger partial charge in [-0.2, -0.15) is 0 Å². The van der Waals surface area contributed by atoms with Gasteiger partial charge >= 0.3 is 0 Å². The number of aromatic nitrogens is 1. The van der Waals surface area contributed by atoms with E-state index in [4.69, 9.17) is 17.3 Å². The van der Waals surface area contributed by atoms with Crippen LogP contribution in [0.1, 0.15) is 76.2 Å². The van der Waals surface area contributed by atoms with Gasteiger partial charge in [-0.1, -0.05) is 55.1 Å². The Morgan fingerprint density at radius 3 is 2.44 bits per heavy atom. The quantitative estimate of drug-likeness (QED) is 0.320. The molecule has 3 aromatic rings. The number of rotatable bonds is 8. The lowest BCUT2D eigenvalue weighted by molar-refractivity contribution is -0.120. The summed E-state index contributed by atoms with van der Waals surface area (Å²) >= 11 is 6.53. The minimum atomic E-state index is 0. The molecule has 5 rings (SSSR count). The maximum absolute atomic E-state index is 12.9. The minimum absolute atomic E-state index is 0. The molecule has 5 heteroatoms. The average Bonchev–Trinajstić information content (AvgIpc) is 3.21. The van der Waals surface area contributed by atoms with Gasteiger partial charge in [0, 0.05) is 53.1 Å². The molecule has 2 aliphatic carbocycles. The molecule has 36 heavy (non-hydrogen) atoms. The molecular weight excluding hydrogens is 487 g/mol. The number of nitrogens with zero attached hydrogens (tertiary/aromatic N) is 1. The molecule has 2 aromatic carbocycles. The summed E-state index contributed by atoms with van der Waals surface area (Å²) in [6.45, 7) is 1.08. The molecule has 2 saturated carbocycles. The number of nitrogens with two attached hydrogens (primary N) is 1. The summed E-state index contributed by atoms with van der Waals surface area (Å²) in [6.07, 6.45) is 15.6. The molecule has 0 unspecified atom stereocenters. The fourth-order valence-corrected chi connectivity index (χ4v) is 6.57. The molecular formula is C31H40Cl2N2O.